The topological polar surface area (TPSA) is 42.9 Å². The summed E-state index contributed by atoms with van der Waals surface area (Å²) in [4.78, 5) is 9.50. The number of nitrogens with zero attached hydrogens (tertiary/aromatic N) is 3. The molecule has 0 atom stereocenters. The van der Waals surface area contributed by atoms with E-state index in [-0.39, 0.29) is 29.8 Å². The third-order valence-corrected chi connectivity index (χ3v) is 4.29. The van der Waals surface area contributed by atoms with E-state index >= 15 is 0 Å². The Morgan fingerprint density at radius 1 is 1.12 bits per heavy atom. The lowest BCUT2D eigenvalue weighted by Crippen LogP contribution is -2.49. The molecule has 0 amide bonds. The second-order valence-corrected chi connectivity index (χ2v) is 6.03. The van der Waals surface area contributed by atoms with Crippen molar-refractivity contribution in [2.24, 2.45) is 4.99 Å². The fraction of sp³-hybridized carbons (Fsp3) is 0.611. The molecule has 0 bridgehead atoms. The van der Waals surface area contributed by atoms with E-state index in [0.717, 1.165) is 63.9 Å². The summed E-state index contributed by atoms with van der Waals surface area (Å²) in [6.45, 7) is 13.1. The summed E-state index contributed by atoms with van der Waals surface area (Å²) in [5.74, 6) is 0.570. The van der Waals surface area contributed by atoms with Crippen LogP contribution in [-0.4, -0.2) is 68.1 Å². The molecule has 2 N–H and O–H groups in total. The molecule has 0 radical (unpaired) electrons. The summed E-state index contributed by atoms with van der Waals surface area (Å²) >= 11 is 0. The van der Waals surface area contributed by atoms with E-state index in [4.69, 9.17) is 0 Å². The van der Waals surface area contributed by atoms with Gasteiger partial charge >= 0.3 is 0 Å². The first-order valence-electron chi connectivity index (χ1n) is 8.92. The average molecular weight is 463 g/mol. The Labute approximate surface area is 168 Å². The number of halogens is 2. The van der Waals surface area contributed by atoms with Gasteiger partial charge in [0.1, 0.15) is 5.82 Å². The number of guanidine groups is 1. The first-order valence-corrected chi connectivity index (χ1v) is 8.92. The molecular formula is C18H31FIN5. The molecule has 1 saturated heterocycles. The van der Waals surface area contributed by atoms with Crippen molar-refractivity contribution in [1.82, 2.24) is 20.4 Å². The van der Waals surface area contributed by atoms with Gasteiger partial charge in [0, 0.05) is 45.8 Å². The van der Waals surface area contributed by atoms with Gasteiger partial charge in [-0.2, -0.15) is 0 Å². The molecule has 1 aliphatic rings. The van der Waals surface area contributed by atoms with Gasteiger partial charge in [-0.3, -0.25) is 4.90 Å². The second kappa shape index (κ2) is 12.4. The molecule has 0 spiro atoms. The minimum absolute atomic E-state index is 0. The van der Waals surface area contributed by atoms with Crippen LogP contribution < -0.4 is 10.6 Å². The highest BCUT2D eigenvalue weighted by Crippen LogP contribution is 2.04. The highest BCUT2D eigenvalue weighted by atomic mass is 127. The number of benzene rings is 1. The molecule has 2 rings (SSSR count). The van der Waals surface area contributed by atoms with E-state index in [1.807, 2.05) is 13.0 Å². The summed E-state index contributed by atoms with van der Waals surface area (Å²) in [5, 5.41) is 6.61. The van der Waals surface area contributed by atoms with Crippen molar-refractivity contribution in [3.05, 3.63) is 35.6 Å². The summed E-state index contributed by atoms with van der Waals surface area (Å²) < 4.78 is 13.2. The number of hydrogen-bond acceptors (Lipinski definition) is 3. The van der Waals surface area contributed by atoms with Crippen LogP contribution in [0.1, 0.15) is 19.4 Å². The van der Waals surface area contributed by atoms with E-state index in [2.05, 4.69) is 32.3 Å². The molecule has 142 valence electrons. The largest absolute Gasteiger partial charge is 0.357 e. The van der Waals surface area contributed by atoms with Crippen LogP contribution in [0.25, 0.3) is 0 Å². The molecule has 1 heterocycles. The molecule has 5 nitrogen and oxygen atoms in total. The van der Waals surface area contributed by atoms with Crippen molar-refractivity contribution in [3.8, 4) is 0 Å². The van der Waals surface area contributed by atoms with Crippen molar-refractivity contribution in [2.45, 2.75) is 20.4 Å². The van der Waals surface area contributed by atoms with Gasteiger partial charge in [-0.15, -0.1) is 24.0 Å². The normalized spacial score (nSPS) is 16.4. The van der Waals surface area contributed by atoms with E-state index in [9.17, 15) is 4.39 Å². The van der Waals surface area contributed by atoms with Crippen molar-refractivity contribution in [3.63, 3.8) is 0 Å². The molecule has 0 aromatic heterocycles. The highest BCUT2D eigenvalue weighted by Gasteiger charge is 2.14. The number of likely N-dealkylation sites (N-methyl/N-ethyl adjacent to an activating group) is 1. The van der Waals surface area contributed by atoms with E-state index < -0.39 is 0 Å². The SMILES string of the molecule is CCNC(=NCc1cccc(F)c1)NCCN1CCN(CC)CC1.I. The third-order valence-electron chi connectivity index (χ3n) is 4.29. The van der Waals surface area contributed by atoms with Gasteiger partial charge in [-0.05, 0) is 31.2 Å². The first-order chi connectivity index (χ1) is 11.7. The Hall–Kier alpha value is -0.930. The van der Waals surface area contributed by atoms with E-state index in [0.29, 0.717) is 6.54 Å². The number of nitrogens with one attached hydrogen (secondary N) is 2. The second-order valence-electron chi connectivity index (χ2n) is 6.03. The minimum Gasteiger partial charge on any atom is -0.357 e. The molecule has 1 aliphatic heterocycles. The Morgan fingerprint density at radius 3 is 2.48 bits per heavy atom. The lowest BCUT2D eigenvalue weighted by molar-refractivity contribution is 0.139. The molecule has 1 fully saturated rings. The quantitative estimate of drug-likeness (QED) is 0.370. The zero-order valence-corrected chi connectivity index (χ0v) is 17.6. The molecule has 1 aromatic rings. The zero-order chi connectivity index (χ0) is 17.2. The fourth-order valence-corrected chi connectivity index (χ4v) is 2.81. The van der Waals surface area contributed by atoms with Crippen molar-refractivity contribution >= 4 is 29.9 Å². The van der Waals surface area contributed by atoms with Crippen molar-refractivity contribution < 1.29 is 4.39 Å². The summed E-state index contributed by atoms with van der Waals surface area (Å²) in [6.07, 6.45) is 0. The molecule has 0 unspecified atom stereocenters. The number of aliphatic imine (C=N–C) groups is 1. The molecule has 7 heteroatoms. The Bertz CT molecular complexity index is 518. The first kappa shape index (κ1) is 22.1. The Balaban J connectivity index is 0.00000312. The van der Waals surface area contributed by atoms with Gasteiger partial charge in [0.15, 0.2) is 5.96 Å². The minimum atomic E-state index is -0.216. The van der Waals surface area contributed by atoms with E-state index in [1.54, 1.807) is 6.07 Å². The van der Waals surface area contributed by atoms with Crippen LogP contribution in [0, 0.1) is 5.82 Å². The maximum Gasteiger partial charge on any atom is 0.191 e. The van der Waals surface area contributed by atoms with Gasteiger partial charge in [-0.1, -0.05) is 19.1 Å². The van der Waals surface area contributed by atoms with Crippen LogP contribution in [0.2, 0.25) is 0 Å². The molecule has 0 aliphatic carbocycles. The Morgan fingerprint density at radius 2 is 1.84 bits per heavy atom. The lowest BCUT2D eigenvalue weighted by Gasteiger charge is -2.34. The summed E-state index contributed by atoms with van der Waals surface area (Å²) in [7, 11) is 0. The molecule has 0 saturated carbocycles. The number of rotatable bonds is 7. The van der Waals surface area contributed by atoms with Crippen LogP contribution >= 0.6 is 24.0 Å². The fourth-order valence-electron chi connectivity index (χ4n) is 2.81. The summed E-state index contributed by atoms with van der Waals surface area (Å²) in [6, 6.07) is 6.59. The predicted molar refractivity (Wildman–Crippen MR) is 113 cm³/mol. The zero-order valence-electron chi connectivity index (χ0n) is 15.3. The Kier molecular flexibility index (Phi) is 11.0. The van der Waals surface area contributed by atoms with Crippen LogP contribution in [0.4, 0.5) is 4.39 Å². The number of piperazine rings is 1. The monoisotopic (exact) mass is 463 g/mol. The van der Waals surface area contributed by atoms with E-state index in [1.165, 1.54) is 12.1 Å². The predicted octanol–water partition coefficient (Wildman–Crippen LogP) is 2.14. The standard InChI is InChI=1S/C18H30FN5.HI/c1-3-20-18(22-15-16-6-5-7-17(19)14-16)21-8-9-24-12-10-23(4-2)11-13-24;/h5-7,14H,3-4,8-13,15H2,1-2H3,(H2,20,21,22);1H. The molecular weight excluding hydrogens is 432 g/mol. The van der Waals surface area contributed by atoms with Gasteiger partial charge < -0.3 is 15.5 Å². The van der Waals surface area contributed by atoms with Crippen LogP contribution in [-0.2, 0) is 6.54 Å². The molecule has 1 aromatic carbocycles. The average Bonchev–Trinajstić information content (AvgIpc) is 2.60. The van der Waals surface area contributed by atoms with Crippen molar-refractivity contribution in [2.75, 3.05) is 52.4 Å². The van der Waals surface area contributed by atoms with Crippen LogP contribution in [0.3, 0.4) is 0 Å². The maximum absolute atomic E-state index is 13.2. The van der Waals surface area contributed by atoms with Crippen LogP contribution in [0.15, 0.2) is 29.3 Å². The smallest absolute Gasteiger partial charge is 0.191 e. The van der Waals surface area contributed by atoms with Gasteiger partial charge in [0.05, 0.1) is 6.54 Å². The third kappa shape index (κ3) is 8.33. The van der Waals surface area contributed by atoms with Gasteiger partial charge in [0.2, 0.25) is 0 Å². The van der Waals surface area contributed by atoms with Gasteiger partial charge in [-0.25, -0.2) is 9.38 Å². The highest BCUT2D eigenvalue weighted by molar-refractivity contribution is 14.0. The summed E-state index contributed by atoms with van der Waals surface area (Å²) in [5.41, 5.74) is 0.878. The van der Waals surface area contributed by atoms with Crippen LogP contribution in [0.5, 0.6) is 0 Å². The van der Waals surface area contributed by atoms with Gasteiger partial charge in [0.25, 0.3) is 0 Å². The lowest BCUT2D eigenvalue weighted by atomic mass is 10.2. The van der Waals surface area contributed by atoms with Crippen molar-refractivity contribution in [1.29, 1.82) is 0 Å². The maximum atomic E-state index is 13.2. The molecule has 25 heavy (non-hydrogen) atoms. The number of hydrogen-bond donors (Lipinski definition) is 2.